The number of hydrogen-bond donors (Lipinski definition) is 1. The van der Waals surface area contributed by atoms with Crippen molar-refractivity contribution in [2.75, 3.05) is 6.54 Å². The number of fused-ring (bicyclic) bond motifs is 1. The lowest BCUT2D eigenvalue weighted by Gasteiger charge is -2.33. The highest BCUT2D eigenvalue weighted by atomic mass is 16.2. The molecule has 5 nitrogen and oxygen atoms in total. The van der Waals surface area contributed by atoms with Crippen molar-refractivity contribution in [3.63, 3.8) is 0 Å². The van der Waals surface area contributed by atoms with Gasteiger partial charge < -0.3 is 10.2 Å². The van der Waals surface area contributed by atoms with Gasteiger partial charge in [0.15, 0.2) is 0 Å². The third kappa shape index (κ3) is 1.77. The van der Waals surface area contributed by atoms with E-state index >= 15 is 0 Å². The molecule has 0 fully saturated rings. The molecule has 1 unspecified atom stereocenters. The summed E-state index contributed by atoms with van der Waals surface area (Å²) in [6.07, 6.45) is 3.28. The highest BCUT2D eigenvalue weighted by Gasteiger charge is 2.31. The normalized spacial score (nSPS) is 25.1. The van der Waals surface area contributed by atoms with Gasteiger partial charge in [0.05, 0.1) is 5.92 Å². The topological polar surface area (TPSA) is 61.8 Å². The molecule has 0 spiro atoms. The number of carbonyl (C=O) groups is 2. The maximum atomic E-state index is 11.6. The van der Waals surface area contributed by atoms with Crippen LogP contribution < -0.4 is 5.32 Å². The summed E-state index contributed by atoms with van der Waals surface area (Å²) in [5.41, 5.74) is 0. The minimum absolute atomic E-state index is 0.0304. The van der Waals surface area contributed by atoms with Gasteiger partial charge in [-0.2, -0.15) is 4.99 Å². The van der Waals surface area contributed by atoms with Gasteiger partial charge in [0.25, 0.3) is 0 Å². The predicted octanol–water partition coefficient (Wildman–Crippen LogP) is 0.531. The van der Waals surface area contributed by atoms with Gasteiger partial charge >= 0.3 is 6.03 Å². The third-order valence-corrected chi connectivity index (χ3v) is 2.56. The molecular formula is C10H13N3O2. The van der Waals surface area contributed by atoms with Crippen molar-refractivity contribution in [1.82, 2.24) is 10.2 Å². The zero-order valence-electron chi connectivity index (χ0n) is 8.73. The molecule has 2 heterocycles. The second-order valence-electron chi connectivity index (χ2n) is 3.98. The first-order chi connectivity index (χ1) is 7.08. The summed E-state index contributed by atoms with van der Waals surface area (Å²) >= 11 is 0. The summed E-state index contributed by atoms with van der Waals surface area (Å²) in [5, 5.41) is 2.58. The second kappa shape index (κ2) is 3.49. The molecule has 80 valence electrons. The maximum Gasteiger partial charge on any atom is 0.345 e. The van der Waals surface area contributed by atoms with Crippen molar-refractivity contribution >= 4 is 17.8 Å². The molecule has 5 heteroatoms. The minimum atomic E-state index is -0.271. The van der Waals surface area contributed by atoms with Crippen LogP contribution >= 0.6 is 0 Å². The molecule has 0 radical (unpaired) electrons. The summed E-state index contributed by atoms with van der Waals surface area (Å²) in [5.74, 6) is 0.294. The van der Waals surface area contributed by atoms with Gasteiger partial charge in [0.2, 0.25) is 5.91 Å². The van der Waals surface area contributed by atoms with Gasteiger partial charge in [-0.15, -0.1) is 0 Å². The fraction of sp³-hybridized carbons (Fsp3) is 0.500. The number of urea groups is 1. The quantitative estimate of drug-likeness (QED) is 0.681. The van der Waals surface area contributed by atoms with Crippen molar-refractivity contribution in [2.24, 2.45) is 10.9 Å². The average Bonchev–Trinajstić information content (AvgIpc) is 2.15. The molecule has 0 saturated heterocycles. The molecule has 0 aromatic heterocycles. The molecule has 0 bridgehead atoms. The number of nitrogens with one attached hydrogen (secondary N) is 1. The number of amides is 3. The van der Waals surface area contributed by atoms with Crippen LogP contribution in [0.15, 0.2) is 17.1 Å². The van der Waals surface area contributed by atoms with Crippen LogP contribution in [-0.4, -0.2) is 35.3 Å². The Labute approximate surface area is 87.9 Å². The molecular weight excluding hydrogens is 194 g/mol. The fourth-order valence-electron chi connectivity index (χ4n) is 1.70. The molecule has 0 saturated carbocycles. The van der Waals surface area contributed by atoms with E-state index in [4.69, 9.17) is 0 Å². The largest absolute Gasteiger partial charge is 0.345 e. The summed E-state index contributed by atoms with van der Waals surface area (Å²) in [6.45, 7) is 4.49. The first-order valence-corrected chi connectivity index (χ1v) is 4.96. The second-order valence-corrected chi connectivity index (χ2v) is 3.98. The molecule has 0 aromatic rings. The minimum Gasteiger partial charge on any atom is -0.319 e. The first-order valence-electron chi connectivity index (χ1n) is 4.96. The fourth-order valence-corrected chi connectivity index (χ4v) is 1.70. The molecule has 3 amide bonds. The van der Waals surface area contributed by atoms with Gasteiger partial charge in [-0.05, 0) is 13.8 Å². The van der Waals surface area contributed by atoms with Crippen LogP contribution in [0.5, 0.6) is 0 Å². The molecule has 0 aliphatic carbocycles. The number of amidine groups is 1. The Kier molecular flexibility index (Phi) is 2.30. The predicted molar refractivity (Wildman–Crippen MR) is 55.4 cm³/mol. The van der Waals surface area contributed by atoms with Crippen LogP contribution in [-0.2, 0) is 4.79 Å². The summed E-state index contributed by atoms with van der Waals surface area (Å²) in [7, 11) is 0. The van der Waals surface area contributed by atoms with Gasteiger partial charge in [-0.3, -0.25) is 4.79 Å². The SMILES string of the molecule is CC(C)N1CC2C=CC(=O)NC2=NC1=O. The highest BCUT2D eigenvalue weighted by Crippen LogP contribution is 2.17. The average molecular weight is 207 g/mol. The Bertz CT molecular complexity index is 371. The Morgan fingerprint density at radius 2 is 2.27 bits per heavy atom. The van der Waals surface area contributed by atoms with Gasteiger partial charge in [-0.25, -0.2) is 4.79 Å². The Morgan fingerprint density at radius 1 is 1.53 bits per heavy atom. The number of carbonyl (C=O) groups excluding carboxylic acids is 2. The Hall–Kier alpha value is -1.65. The summed E-state index contributed by atoms with van der Waals surface area (Å²) in [4.78, 5) is 28.2. The monoisotopic (exact) mass is 207 g/mol. The zero-order valence-corrected chi connectivity index (χ0v) is 8.73. The van der Waals surface area contributed by atoms with E-state index in [1.165, 1.54) is 6.08 Å². The lowest BCUT2D eigenvalue weighted by Crippen LogP contribution is -2.50. The van der Waals surface area contributed by atoms with Crippen molar-refractivity contribution in [2.45, 2.75) is 19.9 Å². The molecule has 2 aliphatic rings. The van der Waals surface area contributed by atoms with E-state index < -0.39 is 0 Å². The summed E-state index contributed by atoms with van der Waals surface area (Å²) in [6, 6.07) is -0.138. The van der Waals surface area contributed by atoms with E-state index in [1.807, 2.05) is 13.8 Å². The lowest BCUT2D eigenvalue weighted by molar-refractivity contribution is -0.115. The van der Waals surface area contributed by atoms with E-state index in [2.05, 4.69) is 10.3 Å². The van der Waals surface area contributed by atoms with E-state index in [0.29, 0.717) is 12.4 Å². The number of rotatable bonds is 1. The Morgan fingerprint density at radius 3 is 2.93 bits per heavy atom. The van der Waals surface area contributed by atoms with Crippen LogP contribution in [0.25, 0.3) is 0 Å². The smallest absolute Gasteiger partial charge is 0.319 e. The van der Waals surface area contributed by atoms with E-state index in [-0.39, 0.29) is 23.9 Å². The van der Waals surface area contributed by atoms with Crippen LogP contribution in [0.1, 0.15) is 13.8 Å². The third-order valence-electron chi connectivity index (χ3n) is 2.56. The molecule has 1 N–H and O–H groups in total. The van der Waals surface area contributed by atoms with Gasteiger partial charge in [0.1, 0.15) is 5.84 Å². The van der Waals surface area contributed by atoms with Gasteiger partial charge in [0, 0.05) is 18.7 Å². The Balaban J connectivity index is 2.26. The number of aliphatic imine (C=N–C) groups is 1. The van der Waals surface area contributed by atoms with Gasteiger partial charge in [-0.1, -0.05) is 6.08 Å². The standard InChI is InChI=1S/C10H13N3O2/c1-6(2)13-5-7-3-4-8(14)11-9(7)12-10(13)15/h3-4,6-7H,5H2,1-2H3,(H,11,12,14,15). The van der Waals surface area contributed by atoms with Crippen LogP contribution in [0, 0.1) is 5.92 Å². The van der Waals surface area contributed by atoms with E-state index in [9.17, 15) is 9.59 Å². The number of hydrogen-bond acceptors (Lipinski definition) is 2. The molecule has 0 aromatic carbocycles. The molecule has 2 rings (SSSR count). The van der Waals surface area contributed by atoms with E-state index in [1.54, 1.807) is 11.0 Å². The number of nitrogens with zero attached hydrogens (tertiary/aromatic N) is 2. The maximum absolute atomic E-state index is 11.6. The lowest BCUT2D eigenvalue weighted by atomic mass is 10.0. The van der Waals surface area contributed by atoms with Crippen molar-refractivity contribution in [1.29, 1.82) is 0 Å². The first kappa shape index (κ1) is 9.89. The molecule has 1 atom stereocenters. The van der Waals surface area contributed by atoms with Crippen molar-refractivity contribution < 1.29 is 9.59 Å². The molecule has 2 aliphatic heterocycles. The van der Waals surface area contributed by atoms with Crippen LogP contribution in [0.3, 0.4) is 0 Å². The van der Waals surface area contributed by atoms with Crippen molar-refractivity contribution in [3.8, 4) is 0 Å². The van der Waals surface area contributed by atoms with Crippen molar-refractivity contribution in [3.05, 3.63) is 12.2 Å². The van der Waals surface area contributed by atoms with Crippen LogP contribution in [0.2, 0.25) is 0 Å². The highest BCUT2D eigenvalue weighted by molar-refractivity contribution is 6.11. The van der Waals surface area contributed by atoms with E-state index in [0.717, 1.165) is 0 Å². The zero-order chi connectivity index (χ0) is 11.0. The van der Waals surface area contributed by atoms with Crippen LogP contribution in [0.4, 0.5) is 4.79 Å². The molecule has 15 heavy (non-hydrogen) atoms. The summed E-state index contributed by atoms with van der Waals surface area (Å²) < 4.78 is 0.